The molecule has 7 nitrogen and oxygen atoms in total. The molecule has 2 atom stereocenters. The molecule has 1 aliphatic heterocycles. The third-order valence-electron chi connectivity index (χ3n) is 5.55. The molecule has 7 heteroatoms. The van der Waals surface area contributed by atoms with Crippen LogP contribution in [0.2, 0.25) is 0 Å². The van der Waals surface area contributed by atoms with Gasteiger partial charge < -0.3 is 19.7 Å². The van der Waals surface area contributed by atoms with E-state index in [2.05, 4.69) is 35.1 Å². The Labute approximate surface area is 177 Å². The Balaban J connectivity index is 1.54. The van der Waals surface area contributed by atoms with Crippen LogP contribution in [0.25, 0.3) is 0 Å². The minimum Gasteiger partial charge on any atom is -0.450 e. The number of nitrogens with zero attached hydrogens (tertiary/aromatic N) is 2. The number of carbonyl (C=O) groups is 2. The van der Waals surface area contributed by atoms with E-state index < -0.39 is 6.09 Å². The summed E-state index contributed by atoms with van der Waals surface area (Å²) in [5, 5.41) is 2.68. The van der Waals surface area contributed by atoms with Crippen LogP contribution >= 0.6 is 0 Å². The molecule has 0 bridgehead atoms. The van der Waals surface area contributed by atoms with Gasteiger partial charge in [0.1, 0.15) is 5.75 Å². The predicted molar refractivity (Wildman–Crippen MR) is 115 cm³/mol. The SMILES string of the molecule is CCN(CC)c1ccc2c(c1)OC(=O)C(CCOC(=O)NCc1cccnc1)C2C. The molecule has 2 heterocycles. The Morgan fingerprint density at radius 3 is 2.77 bits per heavy atom. The Bertz CT molecular complexity index is 868. The highest BCUT2D eigenvalue weighted by Crippen LogP contribution is 2.40. The zero-order valence-electron chi connectivity index (χ0n) is 17.8. The lowest BCUT2D eigenvalue weighted by Crippen LogP contribution is -2.32. The molecule has 1 amide bonds. The van der Waals surface area contributed by atoms with Crippen LogP contribution in [0.15, 0.2) is 42.7 Å². The highest BCUT2D eigenvalue weighted by Gasteiger charge is 2.35. The number of rotatable bonds is 8. The third kappa shape index (κ3) is 5.09. The first-order valence-corrected chi connectivity index (χ1v) is 10.4. The normalized spacial score (nSPS) is 17.6. The summed E-state index contributed by atoms with van der Waals surface area (Å²) in [7, 11) is 0. The lowest BCUT2D eigenvalue weighted by molar-refractivity contribution is -0.141. The van der Waals surface area contributed by atoms with Gasteiger partial charge in [-0.15, -0.1) is 0 Å². The molecule has 2 aromatic rings. The van der Waals surface area contributed by atoms with E-state index in [0.29, 0.717) is 18.7 Å². The molecule has 0 saturated heterocycles. The van der Waals surface area contributed by atoms with Crippen molar-refractivity contribution in [3.63, 3.8) is 0 Å². The molecule has 1 aliphatic rings. The van der Waals surface area contributed by atoms with E-state index in [1.54, 1.807) is 18.5 Å². The molecule has 0 fully saturated rings. The van der Waals surface area contributed by atoms with Crippen LogP contribution in [0.5, 0.6) is 5.75 Å². The number of amides is 1. The van der Waals surface area contributed by atoms with Gasteiger partial charge in [0.05, 0.1) is 12.5 Å². The van der Waals surface area contributed by atoms with E-state index in [-0.39, 0.29) is 24.4 Å². The van der Waals surface area contributed by atoms with Gasteiger partial charge in [-0.1, -0.05) is 19.1 Å². The van der Waals surface area contributed by atoms with Crippen molar-refractivity contribution in [1.82, 2.24) is 10.3 Å². The minimum atomic E-state index is -0.514. The second kappa shape index (κ2) is 10.1. The number of hydrogen-bond donors (Lipinski definition) is 1. The van der Waals surface area contributed by atoms with Gasteiger partial charge in [0.15, 0.2) is 0 Å². The molecule has 160 valence electrons. The number of hydrogen-bond acceptors (Lipinski definition) is 6. The summed E-state index contributed by atoms with van der Waals surface area (Å²) >= 11 is 0. The maximum atomic E-state index is 12.6. The first-order chi connectivity index (χ1) is 14.5. The van der Waals surface area contributed by atoms with Crippen LogP contribution in [0.3, 0.4) is 0 Å². The first-order valence-electron chi connectivity index (χ1n) is 10.4. The average Bonchev–Trinajstić information content (AvgIpc) is 2.76. The van der Waals surface area contributed by atoms with Crippen LogP contribution in [0, 0.1) is 5.92 Å². The third-order valence-corrected chi connectivity index (χ3v) is 5.55. The lowest BCUT2D eigenvalue weighted by atomic mass is 9.83. The smallest absolute Gasteiger partial charge is 0.407 e. The number of alkyl carbamates (subject to hydrolysis) is 1. The Morgan fingerprint density at radius 2 is 2.07 bits per heavy atom. The van der Waals surface area contributed by atoms with Gasteiger partial charge in [0.25, 0.3) is 0 Å². The standard InChI is InChI=1S/C23H29N3O4/c1-4-26(5-2)18-8-9-19-16(3)20(22(27)30-21(19)13-18)10-12-29-23(28)25-15-17-7-6-11-24-14-17/h6-9,11,13-14,16,20H,4-5,10,12,15H2,1-3H3,(H,25,28). The van der Waals surface area contributed by atoms with Crippen molar-refractivity contribution < 1.29 is 19.1 Å². The van der Waals surface area contributed by atoms with E-state index >= 15 is 0 Å². The first kappa shape index (κ1) is 21.6. The number of pyridine rings is 1. The second-order valence-corrected chi connectivity index (χ2v) is 7.35. The number of carbonyl (C=O) groups excluding carboxylic acids is 2. The van der Waals surface area contributed by atoms with E-state index in [1.807, 2.05) is 25.1 Å². The average molecular weight is 412 g/mol. The van der Waals surface area contributed by atoms with Crippen LogP contribution in [-0.2, 0) is 16.1 Å². The number of fused-ring (bicyclic) bond motifs is 1. The van der Waals surface area contributed by atoms with Gasteiger partial charge >= 0.3 is 12.1 Å². The minimum absolute atomic E-state index is 0.00550. The van der Waals surface area contributed by atoms with Crippen molar-refractivity contribution in [3.05, 3.63) is 53.9 Å². The quantitative estimate of drug-likeness (QED) is 0.524. The zero-order valence-corrected chi connectivity index (χ0v) is 17.8. The van der Waals surface area contributed by atoms with Crippen LogP contribution in [0.4, 0.5) is 10.5 Å². The molecule has 2 unspecified atom stereocenters. The summed E-state index contributed by atoms with van der Waals surface area (Å²) < 4.78 is 10.9. The Morgan fingerprint density at radius 1 is 1.27 bits per heavy atom. The second-order valence-electron chi connectivity index (χ2n) is 7.35. The fourth-order valence-electron chi connectivity index (χ4n) is 3.75. The van der Waals surface area contributed by atoms with E-state index in [0.717, 1.165) is 29.9 Å². The van der Waals surface area contributed by atoms with E-state index in [4.69, 9.17) is 9.47 Å². The van der Waals surface area contributed by atoms with E-state index in [1.165, 1.54) is 0 Å². The Hall–Kier alpha value is -3.09. The summed E-state index contributed by atoms with van der Waals surface area (Å²) in [4.78, 5) is 30.7. The summed E-state index contributed by atoms with van der Waals surface area (Å²) in [6.45, 7) is 8.49. The van der Waals surface area contributed by atoms with Crippen molar-refractivity contribution >= 4 is 17.7 Å². The zero-order chi connectivity index (χ0) is 21.5. The Kier molecular flexibility index (Phi) is 7.27. The number of benzene rings is 1. The number of anilines is 1. The number of aromatic nitrogens is 1. The highest BCUT2D eigenvalue weighted by atomic mass is 16.6. The van der Waals surface area contributed by atoms with Gasteiger partial charge in [-0.25, -0.2) is 4.79 Å². The van der Waals surface area contributed by atoms with Gasteiger partial charge in [-0.05, 0) is 49.4 Å². The van der Waals surface area contributed by atoms with Crippen molar-refractivity contribution in [2.24, 2.45) is 5.92 Å². The predicted octanol–water partition coefficient (Wildman–Crippen LogP) is 3.88. The maximum Gasteiger partial charge on any atom is 0.407 e. The molecule has 0 saturated carbocycles. The molecular formula is C23H29N3O4. The van der Waals surface area contributed by atoms with Crippen LogP contribution < -0.4 is 15.0 Å². The largest absolute Gasteiger partial charge is 0.450 e. The number of nitrogens with one attached hydrogen (secondary N) is 1. The molecule has 3 rings (SSSR count). The maximum absolute atomic E-state index is 12.6. The van der Waals surface area contributed by atoms with E-state index in [9.17, 15) is 9.59 Å². The molecule has 1 aromatic carbocycles. The molecular weight excluding hydrogens is 382 g/mol. The van der Waals surface area contributed by atoms with Gasteiger partial charge in [0.2, 0.25) is 0 Å². The van der Waals surface area contributed by atoms with Gasteiger partial charge in [0, 0.05) is 43.8 Å². The molecule has 1 N–H and O–H groups in total. The van der Waals surface area contributed by atoms with Crippen molar-refractivity contribution in [2.75, 3.05) is 24.6 Å². The van der Waals surface area contributed by atoms with Crippen LogP contribution in [-0.4, -0.2) is 36.7 Å². The summed E-state index contributed by atoms with van der Waals surface area (Å²) in [6.07, 6.45) is 3.26. The molecule has 0 spiro atoms. The number of ether oxygens (including phenoxy) is 2. The summed E-state index contributed by atoms with van der Waals surface area (Å²) in [6, 6.07) is 9.72. The number of esters is 1. The molecule has 30 heavy (non-hydrogen) atoms. The molecule has 1 aromatic heterocycles. The van der Waals surface area contributed by atoms with Gasteiger partial charge in [-0.2, -0.15) is 0 Å². The summed E-state index contributed by atoms with van der Waals surface area (Å²) in [5.74, 6) is 0.00586. The van der Waals surface area contributed by atoms with Crippen LogP contribution in [0.1, 0.15) is 44.2 Å². The topological polar surface area (TPSA) is 80.8 Å². The fraction of sp³-hybridized carbons (Fsp3) is 0.435. The lowest BCUT2D eigenvalue weighted by Gasteiger charge is -2.31. The van der Waals surface area contributed by atoms with Gasteiger partial charge in [-0.3, -0.25) is 9.78 Å². The highest BCUT2D eigenvalue weighted by molar-refractivity contribution is 5.80. The summed E-state index contributed by atoms with van der Waals surface area (Å²) in [5.41, 5.74) is 2.95. The monoisotopic (exact) mass is 411 g/mol. The van der Waals surface area contributed by atoms with Crippen molar-refractivity contribution in [1.29, 1.82) is 0 Å². The molecule has 0 aliphatic carbocycles. The fourth-order valence-corrected chi connectivity index (χ4v) is 3.75. The molecule has 0 radical (unpaired) electrons. The van der Waals surface area contributed by atoms with Crippen molar-refractivity contribution in [2.45, 2.75) is 39.7 Å². The van der Waals surface area contributed by atoms with Crippen molar-refractivity contribution in [3.8, 4) is 5.75 Å².